The predicted molar refractivity (Wildman–Crippen MR) is 123 cm³/mol. The summed E-state index contributed by atoms with van der Waals surface area (Å²) in [5.41, 5.74) is 1.32. The van der Waals surface area contributed by atoms with Crippen molar-refractivity contribution in [2.24, 2.45) is 4.99 Å². The fourth-order valence-electron chi connectivity index (χ4n) is 3.77. The highest BCUT2D eigenvalue weighted by Crippen LogP contribution is 2.16. The molecule has 3 rings (SSSR count). The highest BCUT2D eigenvalue weighted by molar-refractivity contribution is 5.79. The van der Waals surface area contributed by atoms with Gasteiger partial charge in [-0.05, 0) is 26.0 Å². The van der Waals surface area contributed by atoms with Crippen molar-refractivity contribution >= 4 is 11.6 Å². The summed E-state index contributed by atoms with van der Waals surface area (Å²) in [4.78, 5) is 9.83. The molecule has 8 heteroatoms. The lowest BCUT2D eigenvalue weighted by Crippen LogP contribution is -2.50. The van der Waals surface area contributed by atoms with Gasteiger partial charge >= 0.3 is 0 Å². The number of para-hydroxylation sites is 1. The van der Waals surface area contributed by atoms with Crippen LogP contribution in [0.25, 0.3) is 0 Å². The maximum atomic E-state index is 4.83. The van der Waals surface area contributed by atoms with Crippen LogP contribution >= 0.6 is 0 Å². The fraction of sp³-hybridized carbons (Fsp3) is 0.591. The van der Waals surface area contributed by atoms with Gasteiger partial charge in [0.2, 0.25) is 0 Å². The van der Waals surface area contributed by atoms with Gasteiger partial charge in [-0.1, -0.05) is 25.1 Å². The van der Waals surface area contributed by atoms with E-state index >= 15 is 0 Å². The molecule has 1 aromatic carbocycles. The van der Waals surface area contributed by atoms with Gasteiger partial charge in [-0.15, -0.1) is 10.2 Å². The van der Waals surface area contributed by atoms with Crippen molar-refractivity contribution in [1.82, 2.24) is 30.3 Å². The van der Waals surface area contributed by atoms with E-state index in [0.717, 1.165) is 70.6 Å². The summed E-state index contributed by atoms with van der Waals surface area (Å²) in [6, 6.07) is 11.1. The number of aromatic nitrogens is 3. The first-order chi connectivity index (χ1) is 14.7. The van der Waals surface area contributed by atoms with Gasteiger partial charge in [0, 0.05) is 64.0 Å². The van der Waals surface area contributed by atoms with Crippen molar-refractivity contribution in [3.05, 3.63) is 42.5 Å². The molecule has 2 aromatic rings. The van der Waals surface area contributed by atoms with Gasteiger partial charge in [0.1, 0.15) is 12.2 Å². The Kier molecular flexibility index (Phi) is 8.50. The molecule has 0 amide bonds. The molecule has 1 aliphatic heterocycles. The van der Waals surface area contributed by atoms with Crippen LogP contribution < -0.4 is 15.5 Å². The molecular weight excluding hydrogens is 376 g/mol. The van der Waals surface area contributed by atoms with Crippen LogP contribution in [0.4, 0.5) is 5.69 Å². The van der Waals surface area contributed by atoms with Crippen LogP contribution in [0.3, 0.4) is 0 Å². The molecule has 0 bridgehead atoms. The Balaban J connectivity index is 1.44. The van der Waals surface area contributed by atoms with Gasteiger partial charge in [0.25, 0.3) is 0 Å². The maximum Gasteiger partial charge on any atom is 0.191 e. The van der Waals surface area contributed by atoms with Crippen LogP contribution in [-0.4, -0.2) is 77.5 Å². The van der Waals surface area contributed by atoms with Crippen LogP contribution in [0.5, 0.6) is 0 Å². The fourth-order valence-corrected chi connectivity index (χ4v) is 3.77. The number of hydrogen-bond acceptors (Lipinski definition) is 5. The zero-order valence-electron chi connectivity index (χ0n) is 18.6. The molecule has 1 saturated heterocycles. The monoisotopic (exact) mass is 412 g/mol. The van der Waals surface area contributed by atoms with Crippen LogP contribution in [0, 0.1) is 0 Å². The summed E-state index contributed by atoms with van der Waals surface area (Å²) < 4.78 is 2.09. The lowest BCUT2D eigenvalue weighted by Gasteiger charge is -2.38. The molecule has 1 aromatic heterocycles. The predicted octanol–water partition coefficient (Wildman–Crippen LogP) is 1.61. The van der Waals surface area contributed by atoms with Crippen LogP contribution in [0.15, 0.2) is 41.7 Å². The zero-order chi connectivity index (χ0) is 21.2. The summed E-state index contributed by atoms with van der Waals surface area (Å²) in [5.74, 6) is 1.89. The van der Waals surface area contributed by atoms with E-state index in [4.69, 9.17) is 4.99 Å². The molecule has 1 fully saturated rings. The number of piperazine rings is 1. The Morgan fingerprint density at radius 3 is 2.57 bits per heavy atom. The normalized spacial score (nSPS) is 16.5. The molecule has 30 heavy (non-hydrogen) atoms. The molecule has 0 aliphatic carbocycles. The number of rotatable bonds is 9. The number of nitrogens with one attached hydrogen (secondary N) is 2. The number of hydrogen-bond donors (Lipinski definition) is 2. The number of aliphatic imine (C=N–C) groups is 1. The quantitative estimate of drug-likeness (QED) is 0.482. The molecule has 2 heterocycles. The number of benzene rings is 1. The summed E-state index contributed by atoms with van der Waals surface area (Å²) >= 11 is 0. The second-order valence-electron chi connectivity index (χ2n) is 7.65. The van der Waals surface area contributed by atoms with Gasteiger partial charge in [0.05, 0.1) is 6.54 Å². The van der Waals surface area contributed by atoms with Gasteiger partial charge in [-0.3, -0.25) is 9.89 Å². The standard InChI is InChI=1S/C22H36N8/c1-4-21-27-26-18-30(21)12-11-24-22(23-5-2)25-17-19(3)28-13-15-29(16-14-28)20-9-7-6-8-10-20/h6-10,18-19H,4-5,11-17H2,1-3H3,(H2,23,24,25). The lowest BCUT2D eigenvalue weighted by molar-refractivity contribution is 0.201. The van der Waals surface area contributed by atoms with E-state index in [1.54, 1.807) is 6.33 Å². The molecule has 1 aliphatic rings. The van der Waals surface area contributed by atoms with E-state index in [1.165, 1.54) is 5.69 Å². The third-order valence-corrected chi connectivity index (χ3v) is 5.57. The average molecular weight is 413 g/mol. The summed E-state index contributed by atoms with van der Waals surface area (Å²) in [6.07, 6.45) is 2.69. The second kappa shape index (κ2) is 11.5. The van der Waals surface area contributed by atoms with E-state index in [-0.39, 0.29) is 0 Å². The molecule has 0 spiro atoms. The minimum atomic E-state index is 0.419. The number of aryl methyl sites for hydroxylation is 1. The Labute approximate surface area is 180 Å². The topological polar surface area (TPSA) is 73.6 Å². The van der Waals surface area contributed by atoms with E-state index in [2.05, 4.69) is 86.3 Å². The molecule has 2 N–H and O–H groups in total. The first kappa shape index (κ1) is 22.1. The first-order valence-electron chi connectivity index (χ1n) is 11.1. The van der Waals surface area contributed by atoms with Crippen molar-refractivity contribution in [1.29, 1.82) is 0 Å². The highest BCUT2D eigenvalue weighted by atomic mass is 15.3. The van der Waals surface area contributed by atoms with Crippen molar-refractivity contribution in [2.45, 2.75) is 39.8 Å². The van der Waals surface area contributed by atoms with Crippen molar-refractivity contribution in [3.8, 4) is 0 Å². The van der Waals surface area contributed by atoms with Gasteiger partial charge in [-0.25, -0.2) is 0 Å². The van der Waals surface area contributed by atoms with Crippen molar-refractivity contribution < 1.29 is 0 Å². The van der Waals surface area contributed by atoms with Crippen LogP contribution in [-0.2, 0) is 13.0 Å². The highest BCUT2D eigenvalue weighted by Gasteiger charge is 2.21. The third-order valence-electron chi connectivity index (χ3n) is 5.57. The Bertz CT molecular complexity index is 764. The molecular formula is C22H36N8. The van der Waals surface area contributed by atoms with Gasteiger partial charge in [0.15, 0.2) is 5.96 Å². The largest absolute Gasteiger partial charge is 0.369 e. The minimum Gasteiger partial charge on any atom is -0.369 e. The number of nitrogens with zero attached hydrogens (tertiary/aromatic N) is 6. The number of anilines is 1. The second-order valence-corrected chi connectivity index (χ2v) is 7.65. The van der Waals surface area contributed by atoms with Crippen molar-refractivity contribution in [3.63, 3.8) is 0 Å². The molecule has 1 unspecified atom stereocenters. The molecule has 1 atom stereocenters. The van der Waals surface area contributed by atoms with Gasteiger partial charge < -0.3 is 20.1 Å². The van der Waals surface area contributed by atoms with Crippen molar-refractivity contribution in [2.75, 3.05) is 50.7 Å². The minimum absolute atomic E-state index is 0.419. The Hall–Kier alpha value is -2.61. The number of guanidine groups is 1. The molecule has 164 valence electrons. The van der Waals surface area contributed by atoms with E-state index in [9.17, 15) is 0 Å². The summed E-state index contributed by atoms with van der Waals surface area (Å²) in [5, 5.41) is 14.9. The average Bonchev–Trinajstić information content (AvgIpc) is 3.25. The van der Waals surface area contributed by atoms with E-state index in [0.29, 0.717) is 6.04 Å². The Morgan fingerprint density at radius 1 is 1.10 bits per heavy atom. The molecule has 8 nitrogen and oxygen atoms in total. The Morgan fingerprint density at radius 2 is 1.87 bits per heavy atom. The van der Waals surface area contributed by atoms with Crippen LogP contribution in [0.2, 0.25) is 0 Å². The maximum absolute atomic E-state index is 4.83. The molecule has 0 saturated carbocycles. The van der Waals surface area contributed by atoms with E-state index < -0.39 is 0 Å². The first-order valence-corrected chi connectivity index (χ1v) is 11.1. The van der Waals surface area contributed by atoms with E-state index in [1.807, 2.05) is 0 Å². The summed E-state index contributed by atoms with van der Waals surface area (Å²) in [6.45, 7) is 14.0. The smallest absolute Gasteiger partial charge is 0.191 e. The lowest BCUT2D eigenvalue weighted by atomic mass is 10.2. The zero-order valence-corrected chi connectivity index (χ0v) is 18.6. The van der Waals surface area contributed by atoms with Crippen LogP contribution in [0.1, 0.15) is 26.6 Å². The summed E-state index contributed by atoms with van der Waals surface area (Å²) in [7, 11) is 0. The molecule has 0 radical (unpaired) electrons. The van der Waals surface area contributed by atoms with Gasteiger partial charge in [-0.2, -0.15) is 0 Å². The third kappa shape index (κ3) is 6.19. The SMILES string of the molecule is CCNC(=NCC(C)N1CCN(c2ccccc2)CC1)NCCn1cnnc1CC.